The molecule has 0 aromatic carbocycles. The largest absolute Gasteiger partial charge is 1.00 e. The summed E-state index contributed by atoms with van der Waals surface area (Å²) in [4.78, 5) is 9.96. The van der Waals surface area contributed by atoms with Crippen molar-refractivity contribution in [3.63, 3.8) is 0 Å². The average molecular weight is 192 g/mol. The molecule has 0 N–H and O–H groups in total. The zero-order valence-corrected chi connectivity index (χ0v) is 7.35. The minimum atomic E-state index is -0.157. The molecule has 0 radical (unpaired) electrons. The number of hydrogen-bond donors (Lipinski definition) is 0. The second-order valence-corrected chi connectivity index (χ2v) is 1.15. The van der Waals surface area contributed by atoms with E-state index in [1.807, 2.05) is 0 Å². The Bertz CT molecular complexity index is 53.2. The van der Waals surface area contributed by atoms with Gasteiger partial charge in [0.25, 0.3) is 0 Å². The first-order valence-electron chi connectivity index (χ1n) is 1.67. The molecule has 0 amide bonds. The zero-order valence-electron chi connectivity index (χ0n) is 4.28. The fourth-order valence-corrected chi connectivity index (χ4v) is 0.298. The SMILES string of the molecule is CCC(=O)[O][Ti+2].[Cl-].[Cl-]. The van der Waals surface area contributed by atoms with E-state index in [4.69, 9.17) is 0 Å². The first-order valence-corrected chi connectivity index (χ1v) is 2.31. The Balaban J connectivity index is -0.000000125. The van der Waals surface area contributed by atoms with Gasteiger partial charge in [-0.15, -0.1) is 0 Å². The van der Waals surface area contributed by atoms with Gasteiger partial charge in [0.05, 0.1) is 0 Å². The van der Waals surface area contributed by atoms with E-state index >= 15 is 0 Å². The molecule has 0 heterocycles. The van der Waals surface area contributed by atoms with Gasteiger partial charge in [0.15, 0.2) is 0 Å². The van der Waals surface area contributed by atoms with Gasteiger partial charge in [-0.05, 0) is 0 Å². The summed E-state index contributed by atoms with van der Waals surface area (Å²) in [6, 6.07) is 0. The summed E-state index contributed by atoms with van der Waals surface area (Å²) in [6.45, 7) is 1.76. The van der Waals surface area contributed by atoms with E-state index in [1.54, 1.807) is 6.92 Å². The Morgan fingerprint density at radius 1 is 1.62 bits per heavy atom. The molecular formula is C3H5Cl2O2Ti. The number of rotatable bonds is 1. The van der Waals surface area contributed by atoms with E-state index in [1.165, 1.54) is 20.8 Å². The Kier molecular flexibility index (Phi) is 21.3. The molecule has 0 saturated heterocycles. The topological polar surface area (TPSA) is 26.3 Å². The molecule has 0 aromatic heterocycles. The van der Waals surface area contributed by atoms with Crippen molar-refractivity contribution in [1.82, 2.24) is 0 Å². The maximum atomic E-state index is 9.96. The van der Waals surface area contributed by atoms with E-state index in [2.05, 4.69) is 3.32 Å². The van der Waals surface area contributed by atoms with Crippen molar-refractivity contribution in [3.05, 3.63) is 0 Å². The summed E-state index contributed by atoms with van der Waals surface area (Å²) in [5.74, 6) is -0.157. The molecule has 0 atom stereocenters. The van der Waals surface area contributed by atoms with E-state index in [9.17, 15) is 4.79 Å². The van der Waals surface area contributed by atoms with Crippen molar-refractivity contribution in [1.29, 1.82) is 0 Å². The second-order valence-electron chi connectivity index (χ2n) is 0.828. The molecule has 0 saturated carbocycles. The van der Waals surface area contributed by atoms with E-state index in [0.717, 1.165) is 0 Å². The predicted octanol–water partition coefficient (Wildman–Crippen LogP) is -5.59. The van der Waals surface area contributed by atoms with Gasteiger partial charge in [0.1, 0.15) is 0 Å². The fraction of sp³-hybridized carbons (Fsp3) is 0.667. The molecule has 0 bridgehead atoms. The van der Waals surface area contributed by atoms with Gasteiger partial charge in [0, 0.05) is 0 Å². The van der Waals surface area contributed by atoms with Crippen LogP contribution in [0.3, 0.4) is 0 Å². The molecule has 0 aliphatic carbocycles. The van der Waals surface area contributed by atoms with Crippen molar-refractivity contribution >= 4 is 5.97 Å². The van der Waals surface area contributed by atoms with Crippen molar-refractivity contribution in [3.8, 4) is 0 Å². The van der Waals surface area contributed by atoms with Crippen LogP contribution in [0.15, 0.2) is 0 Å². The third-order valence-electron chi connectivity index (χ3n) is 0.403. The van der Waals surface area contributed by atoms with Gasteiger partial charge in [-0.1, -0.05) is 0 Å². The molecule has 0 spiro atoms. The van der Waals surface area contributed by atoms with Crippen LogP contribution in [0.2, 0.25) is 0 Å². The van der Waals surface area contributed by atoms with Crippen LogP contribution in [0.5, 0.6) is 0 Å². The number of carbonyl (C=O) groups is 1. The van der Waals surface area contributed by atoms with Gasteiger partial charge < -0.3 is 24.8 Å². The molecule has 8 heavy (non-hydrogen) atoms. The van der Waals surface area contributed by atoms with Crippen LogP contribution in [0.25, 0.3) is 0 Å². The summed E-state index contributed by atoms with van der Waals surface area (Å²) in [6.07, 6.45) is 0.469. The van der Waals surface area contributed by atoms with Gasteiger partial charge in [-0.2, -0.15) is 0 Å². The minimum absolute atomic E-state index is 0. The third-order valence-corrected chi connectivity index (χ3v) is 0.758. The summed E-state index contributed by atoms with van der Waals surface area (Å²) >= 11 is 1.38. The summed E-state index contributed by atoms with van der Waals surface area (Å²) in [5, 5.41) is 0. The predicted molar refractivity (Wildman–Crippen MR) is 16.4 cm³/mol. The molecule has 0 aliphatic rings. The van der Waals surface area contributed by atoms with E-state index < -0.39 is 0 Å². The van der Waals surface area contributed by atoms with Crippen LogP contribution < -0.4 is 24.8 Å². The quantitative estimate of drug-likeness (QED) is 0.387. The molecule has 2 nitrogen and oxygen atoms in total. The Morgan fingerprint density at radius 2 is 2.00 bits per heavy atom. The van der Waals surface area contributed by atoms with Crippen LogP contribution in [0.4, 0.5) is 0 Å². The van der Waals surface area contributed by atoms with Crippen LogP contribution in [0.1, 0.15) is 13.3 Å². The van der Waals surface area contributed by atoms with Gasteiger partial charge in [-0.25, -0.2) is 0 Å². The number of hydrogen-bond acceptors (Lipinski definition) is 2. The van der Waals surface area contributed by atoms with Crippen LogP contribution in [0, 0.1) is 0 Å². The standard InChI is InChI=1S/C3H6O2.2ClH.Ti/c1-2-3(4)5;;;/h2H2,1H3,(H,4,5);2*1H;/q;;;+3/p-3. The minimum Gasteiger partial charge on any atom is -1.00 e. The summed E-state index contributed by atoms with van der Waals surface area (Å²) in [5.41, 5.74) is 0. The molecule has 0 unspecified atom stereocenters. The van der Waals surface area contributed by atoms with Crippen LogP contribution in [-0.2, 0) is 28.9 Å². The van der Waals surface area contributed by atoms with Crippen LogP contribution in [-0.4, -0.2) is 5.97 Å². The molecular weight excluding hydrogens is 187 g/mol. The van der Waals surface area contributed by atoms with Crippen molar-refractivity contribution in [2.75, 3.05) is 0 Å². The monoisotopic (exact) mass is 191 g/mol. The molecule has 0 aromatic rings. The first-order chi connectivity index (χ1) is 2.81. The molecule has 0 aliphatic heterocycles. The third kappa shape index (κ3) is 9.90. The smallest absolute Gasteiger partial charge is 1.00 e. The fourth-order valence-electron chi connectivity index (χ4n) is 0.0722. The maximum Gasteiger partial charge on any atom is -1.00 e. The molecule has 47 valence electrons. The van der Waals surface area contributed by atoms with E-state index in [-0.39, 0.29) is 30.8 Å². The Morgan fingerprint density at radius 3 is 2.00 bits per heavy atom. The zero-order chi connectivity index (χ0) is 4.99. The van der Waals surface area contributed by atoms with Gasteiger partial charge in [-0.3, -0.25) is 0 Å². The van der Waals surface area contributed by atoms with Crippen LogP contribution >= 0.6 is 0 Å². The molecule has 0 rings (SSSR count). The molecule has 5 heteroatoms. The second kappa shape index (κ2) is 10.7. The van der Waals surface area contributed by atoms with Crippen molar-refractivity contribution in [2.24, 2.45) is 0 Å². The summed E-state index contributed by atoms with van der Waals surface area (Å²) < 4.78 is 4.26. The summed E-state index contributed by atoms with van der Waals surface area (Å²) in [7, 11) is 0. The normalized spacial score (nSPS) is 5.88. The van der Waals surface area contributed by atoms with E-state index in [0.29, 0.717) is 6.42 Å². The molecule has 0 fully saturated rings. The number of carbonyl (C=O) groups excluding carboxylic acids is 1. The first kappa shape index (κ1) is 15.9. The van der Waals surface area contributed by atoms with Crippen molar-refractivity contribution in [2.45, 2.75) is 13.3 Å². The Hall–Kier alpha value is 0.764. The van der Waals surface area contributed by atoms with Gasteiger partial charge in [0.2, 0.25) is 0 Å². The average Bonchev–Trinajstić information content (AvgIpc) is 1.65. The maximum absolute atomic E-state index is 9.96. The Labute approximate surface area is 73.1 Å². The van der Waals surface area contributed by atoms with Crippen molar-refractivity contribution < 1.29 is 53.8 Å². The number of halogens is 2. The van der Waals surface area contributed by atoms with Gasteiger partial charge >= 0.3 is 48.3 Å².